The van der Waals surface area contributed by atoms with E-state index in [1.54, 1.807) is 18.3 Å². The summed E-state index contributed by atoms with van der Waals surface area (Å²) in [5.74, 6) is 0.548. The molecule has 5 rings (SSSR count). The summed E-state index contributed by atoms with van der Waals surface area (Å²) in [5, 5.41) is 7.25. The zero-order chi connectivity index (χ0) is 24.0. The first-order valence-corrected chi connectivity index (χ1v) is 11.2. The van der Waals surface area contributed by atoms with E-state index >= 15 is 0 Å². The number of aromatic nitrogens is 6. The normalized spacial score (nSPS) is 21.1. The quantitative estimate of drug-likeness (QED) is 0.498. The highest BCUT2D eigenvalue weighted by Gasteiger charge is 2.35. The Morgan fingerprint density at radius 2 is 2.09 bits per heavy atom. The Morgan fingerprint density at radius 1 is 1.29 bits per heavy atom. The second kappa shape index (κ2) is 8.67. The van der Waals surface area contributed by atoms with Gasteiger partial charge in [-0.15, -0.1) is 5.10 Å². The molecule has 11 nitrogen and oxygen atoms in total. The number of hydrogen-bond acceptors (Lipinski definition) is 8. The van der Waals surface area contributed by atoms with E-state index in [9.17, 15) is 9.18 Å². The lowest BCUT2D eigenvalue weighted by atomic mass is 10.1. The number of methoxy groups -OCH3 is 1. The highest BCUT2D eigenvalue weighted by molar-refractivity contribution is 5.87. The number of alkyl halides is 1. The maximum atomic E-state index is 14.6. The Morgan fingerprint density at radius 3 is 2.79 bits per heavy atom. The number of nitrogens with zero attached hydrogens (tertiary/aromatic N) is 8. The molecule has 0 spiro atoms. The van der Waals surface area contributed by atoms with Crippen LogP contribution < -0.4 is 15.0 Å². The van der Waals surface area contributed by atoms with E-state index in [-0.39, 0.29) is 13.1 Å². The molecule has 3 aromatic rings. The van der Waals surface area contributed by atoms with Crippen LogP contribution in [0.1, 0.15) is 17.3 Å². The molecule has 34 heavy (non-hydrogen) atoms. The summed E-state index contributed by atoms with van der Waals surface area (Å²) in [6, 6.07) is -0.337. The van der Waals surface area contributed by atoms with E-state index in [0.717, 1.165) is 24.7 Å². The number of anilines is 1. The van der Waals surface area contributed by atoms with Crippen molar-refractivity contribution in [2.45, 2.75) is 24.7 Å². The number of likely N-dealkylation sites (N-methyl/N-ethyl adjacent to an activating group) is 1. The average Bonchev–Trinajstić information content (AvgIpc) is 3.49. The van der Waals surface area contributed by atoms with Gasteiger partial charge >= 0.3 is 0 Å². The zero-order valence-electron chi connectivity index (χ0n) is 19.5. The molecule has 0 unspecified atom stereocenters. The van der Waals surface area contributed by atoms with Gasteiger partial charge in [-0.25, -0.2) is 14.4 Å². The monoisotopic (exact) mass is 469 g/mol. The van der Waals surface area contributed by atoms with Crippen LogP contribution in [0.5, 0.6) is 5.88 Å². The maximum absolute atomic E-state index is 14.6. The van der Waals surface area contributed by atoms with Crippen LogP contribution in [0.3, 0.4) is 0 Å². The van der Waals surface area contributed by atoms with Gasteiger partial charge in [-0.3, -0.25) is 9.48 Å². The molecular weight excluding hydrogens is 441 g/mol. The van der Waals surface area contributed by atoms with Crippen LogP contribution in [0.25, 0.3) is 11.2 Å². The van der Waals surface area contributed by atoms with E-state index < -0.39 is 18.1 Å². The Kier molecular flexibility index (Phi) is 5.68. The minimum Gasteiger partial charge on any atom is -0.480 e. The van der Waals surface area contributed by atoms with Crippen molar-refractivity contribution in [1.82, 2.24) is 39.5 Å². The number of halogens is 1. The lowest BCUT2D eigenvalue weighted by Crippen LogP contribution is -2.45. The van der Waals surface area contributed by atoms with Crippen molar-refractivity contribution in [2.24, 2.45) is 7.05 Å². The maximum Gasteiger partial charge on any atom is 0.243 e. The summed E-state index contributed by atoms with van der Waals surface area (Å²) >= 11 is 0. The van der Waals surface area contributed by atoms with Crippen LogP contribution >= 0.6 is 0 Å². The van der Waals surface area contributed by atoms with Gasteiger partial charge in [0.1, 0.15) is 11.7 Å². The SMILES string of the molecule is C=CC(=O)N[C@@H]1CN(c2nc(Cc3cn(C4CN(C)C4)nc3OC)c3ncn(C)c3n2)C[C@H]1F. The number of imidazole rings is 1. The Hall–Kier alpha value is -3.54. The number of likely N-dealkylation sites (tertiary alicyclic amines) is 1. The van der Waals surface area contributed by atoms with E-state index in [4.69, 9.17) is 9.72 Å². The summed E-state index contributed by atoms with van der Waals surface area (Å²) in [5.41, 5.74) is 2.94. The van der Waals surface area contributed by atoms with Crippen molar-refractivity contribution in [2.75, 3.05) is 45.2 Å². The molecule has 2 saturated heterocycles. The molecule has 2 atom stereocenters. The Balaban J connectivity index is 1.46. The highest BCUT2D eigenvalue weighted by Crippen LogP contribution is 2.28. The van der Waals surface area contributed by atoms with E-state index in [1.807, 2.05) is 22.5 Å². The van der Waals surface area contributed by atoms with Crippen LogP contribution in [0.2, 0.25) is 0 Å². The third-order valence-corrected chi connectivity index (χ3v) is 6.40. The van der Waals surface area contributed by atoms with E-state index in [2.05, 4.69) is 38.9 Å². The molecule has 1 N–H and O–H groups in total. The van der Waals surface area contributed by atoms with Gasteiger partial charge in [0.15, 0.2) is 5.65 Å². The topological polar surface area (TPSA) is 106 Å². The lowest BCUT2D eigenvalue weighted by molar-refractivity contribution is -0.117. The van der Waals surface area contributed by atoms with Gasteiger partial charge in [0.25, 0.3) is 0 Å². The second-order valence-corrected chi connectivity index (χ2v) is 8.93. The van der Waals surface area contributed by atoms with Crippen molar-refractivity contribution in [3.8, 4) is 5.88 Å². The van der Waals surface area contributed by atoms with Crippen molar-refractivity contribution >= 4 is 23.0 Å². The number of nitrogens with one attached hydrogen (secondary N) is 1. The summed E-state index contributed by atoms with van der Waals surface area (Å²) < 4.78 is 24.0. The van der Waals surface area contributed by atoms with Gasteiger partial charge in [-0.2, -0.15) is 4.98 Å². The highest BCUT2D eigenvalue weighted by atomic mass is 19.1. The van der Waals surface area contributed by atoms with E-state index in [0.29, 0.717) is 41.1 Å². The van der Waals surface area contributed by atoms with Crippen molar-refractivity contribution < 1.29 is 13.9 Å². The van der Waals surface area contributed by atoms with Gasteiger partial charge in [0.2, 0.25) is 17.7 Å². The summed E-state index contributed by atoms with van der Waals surface area (Å²) in [6.45, 7) is 5.66. The number of carbonyl (C=O) groups excluding carboxylic acids is 1. The van der Waals surface area contributed by atoms with Crippen LogP contribution in [0, 0.1) is 0 Å². The third-order valence-electron chi connectivity index (χ3n) is 6.40. The first kappa shape index (κ1) is 22.3. The molecule has 0 aromatic carbocycles. The number of aryl methyl sites for hydroxylation is 1. The Bertz CT molecular complexity index is 1230. The Labute approximate surface area is 196 Å². The molecule has 0 aliphatic carbocycles. The van der Waals surface area contributed by atoms with Crippen molar-refractivity contribution in [3.63, 3.8) is 0 Å². The molecule has 2 fully saturated rings. The lowest BCUT2D eigenvalue weighted by Gasteiger charge is -2.35. The summed E-state index contributed by atoms with van der Waals surface area (Å²) in [4.78, 5) is 29.6. The van der Waals surface area contributed by atoms with Crippen LogP contribution in [-0.4, -0.2) is 92.7 Å². The van der Waals surface area contributed by atoms with Gasteiger partial charge in [-0.1, -0.05) is 6.58 Å². The number of hydrogen-bond donors (Lipinski definition) is 1. The molecule has 2 aliphatic heterocycles. The molecule has 0 radical (unpaired) electrons. The zero-order valence-corrected chi connectivity index (χ0v) is 19.5. The second-order valence-electron chi connectivity index (χ2n) is 8.93. The van der Waals surface area contributed by atoms with Crippen molar-refractivity contribution in [3.05, 3.63) is 36.4 Å². The first-order valence-electron chi connectivity index (χ1n) is 11.2. The molecule has 5 heterocycles. The molecule has 3 aromatic heterocycles. The van der Waals surface area contributed by atoms with E-state index in [1.165, 1.54) is 0 Å². The number of carbonyl (C=O) groups is 1. The smallest absolute Gasteiger partial charge is 0.243 e. The minimum atomic E-state index is -1.24. The predicted octanol–water partition coefficient (Wildman–Crippen LogP) is 0.475. The number of ether oxygens (including phenoxy) is 1. The molecule has 0 saturated carbocycles. The molecular formula is C22H28FN9O2. The van der Waals surface area contributed by atoms with Gasteiger partial charge in [0.05, 0.1) is 37.8 Å². The predicted molar refractivity (Wildman–Crippen MR) is 124 cm³/mol. The fourth-order valence-electron chi connectivity index (χ4n) is 4.53. The molecule has 2 aliphatic rings. The summed E-state index contributed by atoms with van der Waals surface area (Å²) in [7, 11) is 5.54. The fourth-order valence-corrected chi connectivity index (χ4v) is 4.53. The molecule has 180 valence electrons. The van der Waals surface area contributed by atoms with Gasteiger partial charge < -0.3 is 24.4 Å². The van der Waals surface area contributed by atoms with Crippen LogP contribution in [-0.2, 0) is 18.3 Å². The minimum absolute atomic E-state index is 0.0847. The number of amides is 1. The summed E-state index contributed by atoms with van der Waals surface area (Å²) in [6.07, 6.45) is 4.03. The molecule has 0 bridgehead atoms. The molecule has 1 amide bonds. The van der Waals surface area contributed by atoms with Crippen LogP contribution in [0.15, 0.2) is 25.2 Å². The van der Waals surface area contributed by atoms with Gasteiger partial charge in [-0.05, 0) is 13.1 Å². The fraction of sp³-hybridized carbons (Fsp3) is 0.500. The third kappa shape index (κ3) is 3.98. The molecule has 12 heteroatoms. The average molecular weight is 470 g/mol. The largest absolute Gasteiger partial charge is 0.480 e. The van der Waals surface area contributed by atoms with Crippen molar-refractivity contribution in [1.29, 1.82) is 0 Å². The van der Waals surface area contributed by atoms with Gasteiger partial charge in [0, 0.05) is 44.9 Å². The number of fused-ring (bicyclic) bond motifs is 1. The number of rotatable bonds is 7. The standard InChI is InChI=1S/C22H28FN9O2/c1-5-18(33)25-17-11-31(10-15(17)23)22-26-16(19-20(27-22)30(3)12-24-19)6-13-7-32(28-21(13)34-4)14-8-29(2)9-14/h5,7,12,14-15,17H,1,6,8-11H2,2-4H3,(H,25,33)/t15-,17-/m1/s1. The first-order chi connectivity index (χ1) is 16.4. The van der Waals surface area contributed by atoms with Crippen LogP contribution in [0.4, 0.5) is 10.3 Å².